The second kappa shape index (κ2) is 14.0. The molecule has 1 saturated heterocycles. The van der Waals surface area contributed by atoms with Crippen LogP contribution in [0.5, 0.6) is 0 Å². The molecule has 1 fully saturated rings. The molecule has 0 spiro atoms. The van der Waals surface area contributed by atoms with Crippen molar-refractivity contribution >= 4 is 41.5 Å². The number of halogens is 1. The van der Waals surface area contributed by atoms with Crippen molar-refractivity contribution in [1.82, 2.24) is 10.2 Å². The van der Waals surface area contributed by atoms with Crippen LogP contribution in [0.25, 0.3) is 17.2 Å². The highest BCUT2D eigenvalue weighted by molar-refractivity contribution is 7.99. The van der Waals surface area contributed by atoms with Crippen molar-refractivity contribution in [2.24, 2.45) is 0 Å². The van der Waals surface area contributed by atoms with Crippen molar-refractivity contribution < 1.29 is 18.7 Å². The van der Waals surface area contributed by atoms with Gasteiger partial charge < -0.3 is 10.1 Å². The number of benzene rings is 2. The molecule has 0 radical (unpaired) electrons. The molecule has 5 nitrogen and oxygen atoms in total. The Morgan fingerprint density at radius 2 is 1.92 bits per heavy atom. The lowest BCUT2D eigenvalue weighted by Gasteiger charge is -2.20. The van der Waals surface area contributed by atoms with Crippen LogP contribution in [0.2, 0.25) is 0 Å². The number of hydrogen-bond donors (Lipinski definition) is 1. The van der Waals surface area contributed by atoms with Gasteiger partial charge >= 0.3 is 5.97 Å². The van der Waals surface area contributed by atoms with Crippen molar-refractivity contribution in [1.29, 1.82) is 0 Å². The lowest BCUT2D eigenvalue weighted by atomic mass is 9.96. The van der Waals surface area contributed by atoms with Crippen molar-refractivity contribution in [2.45, 2.75) is 50.1 Å². The predicted molar refractivity (Wildman–Crippen MR) is 155 cm³/mol. The standard InChI is InChI=1S/C29H37FN2O3S2/c1-19(2)35-29(34)27(14-15-36-4)31-28(33)25-13-7-20(6-12-23-17-24(37-5)18-32(23)3)16-26(25)21-8-10-22(30)11-9-21/h6-13,16,19,23-24,27H,14-15,17-18H2,1-5H3,(H,31,33)/b12-6+/t23-,24+,27+/m1/s1. The number of carbonyl (C=O) groups excluding carboxylic acids is 2. The maximum absolute atomic E-state index is 13.7. The molecular weight excluding hydrogens is 507 g/mol. The molecule has 1 aliphatic rings. The van der Waals surface area contributed by atoms with Crippen molar-refractivity contribution in [3.05, 3.63) is 65.5 Å². The molecule has 1 amide bonds. The van der Waals surface area contributed by atoms with Crippen LogP contribution in [0.3, 0.4) is 0 Å². The molecule has 0 aromatic heterocycles. The number of nitrogens with zero attached hydrogens (tertiary/aromatic N) is 1. The number of likely N-dealkylation sites (N-methyl/N-ethyl adjacent to an activating group) is 1. The Morgan fingerprint density at radius 3 is 2.54 bits per heavy atom. The maximum atomic E-state index is 13.7. The average molecular weight is 545 g/mol. The third-order valence-electron chi connectivity index (χ3n) is 6.40. The molecule has 1 heterocycles. The Morgan fingerprint density at radius 1 is 1.19 bits per heavy atom. The summed E-state index contributed by atoms with van der Waals surface area (Å²) in [6.45, 7) is 4.64. The summed E-state index contributed by atoms with van der Waals surface area (Å²) in [4.78, 5) is 28.4. The van der Waals surface area contributed by atoms with Gasteiger partial charge in [0.1, 0.15) is 11.9 Å². The van der Waals surface area contributed by atoms with Gasteiger partial charge in [-0.3, -0.25) is 9.69 Å². The number of ether oxygens (including phenoxy) is 1. The van der Waals surface area contributed by atoms with Gasteiger partial charge in [-0.2, -0.15) is 23.5 Å². The van der Waals surface area contributed by atoms with Crippen molar-refractivity contribution in [3.63, 3.8) is 0 Å². The van der Waals surface area contributed by atoms with Crippen molar-refractivity contribution in [3.8, 4) is 11.1 Å². The van der Waals surface area contributed by atoms with E-state index in [1.165, 1.54) is 12.1 Å². The molecule has 200 valence electrons. The van der Waals surface area contributed by atoms with E-state index in [1.54, 1.807) is 43.8 Å². The first kappa shape index (κ1) is 29.3. The molecule has 8 heteroatoms. The van der Waals surface area contributed by atoms with Gasteiger partial charge in [-0.1, -0.05) is 30.4 Å². The van der Waals surface area contributed by atoms with Crippen LogP contribution in [-0.2, 0) is 9.53 Å². The van der Waals surface area contributed by atoms with E-state index in [0.717, 1.165) is 24.1 Å². The third-order valence-corrected chi connectivity index (χ3v) is 8.05. The molecule has 0 aliphatic carbocycles. The highest BCUT2D eigenvalue weighted by atomic mass is 32.2. The molecule has 1 N–H and O–H groups in total. The second-order valence-electron chi connectivity index (χ2n) is 9.56. The average Bonchev–Trinajstić information content (AvgIpc) is 3.24. The number of esters is 1. The van der Waals surface area contributed by atoms with Gasteiger partial charge in [-0.15, -0.1) is 0 Å². The third kappa shape index (κ3) is 8.35. The lowest BCUT2D eigenvalue weighted by molar-refractivity contribution is -0.149. The number of thioether (sulfide) groups is 2. The summed E-state index contributed by atoms with van der Waals surface area (Å²) in [6.07, 6.45) is 9.70. The number of hydrogen-bond acceptors (Lipinski definition) is 6. The van der Waals surface area contributed by atoms with Gasteiger partial charge in [-0.05, 0) is 93.0 Å². The minimum Gasteiger partial charge on any atom is -0.461 e. The van der Waals surface area contributed by atoms with Crippen LogP contribution >= 0.6 is 23.5 Å². The van der Waals surface area contributed by atoms with Gasteiger partial charge in [0.2, 0.25) is 0 Å². The van der Waals surface area contributed by atoms with Gasteiger partial charge in [-0.25, -0.2) is 9.18 Å². The quantitative estimate of drug-likeness (QED) is 0.364. The topological polar surface area (TPSA) is 58.6 Å². The first-order valence-electron chi connectivity index (χ1n) is 12.5. The zero-order valence-electron chi connectivity index (χ0n) is 22.2. The summed E-state index contributed by atoms with van der Waals surface area (Å²) >= 11 is 3.50. The fourth-order valence-corrected chi connectivity index (χ4v) is 5.61. The van der Waals surface area contributed by atoms with Gasteiger partial charge in [0.05, 0.1) is 6.10 Å². The highest BCUT2D eigenvalue weighted by Gasteiger charge is 2.27. The lowest BCUT2D eigenvalue weighted by Crippen LogP contribution is -2.43. The number of rotatable bonds is 11. The van der Waals surface area contributed by atoms with E-state index in [9.17, 15) is 14.0 Å². The Kier molecular flexibility index (Phi) is 11.1. The zero-order chi connectivity index (χ0) is 26.9. The van der Waals surface area contributed by atoms with Crippen molar-refractivity contribution in [2.75, 3.05) is 31.9 Å². The Labute approximate surface area is 228 Å². The fourth-order valence-electron chi connectivity index (χ4n) is 4.37. The maximum Gasteiger partial charge on any atom is 0.328 e. The molecule has 2 aromatic rings. The fraction of sp³-hybridized carbons (Fsp3) is 0.448. The van der Waals surface area contributed by atoms with E-state index in [2.05, 4.69) is 35.7 Å². The molecule has 3 atom stereocenters. The molecule has 3 rings (SSSR count). The van der Waals surface area contributed by atoms with Crippen LogP contribution < -0.4 is 5.32 Å². The van der Waals surface area contributed by atoms with E-state index < -0.39 is 12.0 Å². The second-order valence-corrected chi connectivity index (χ2v) is 11.7. The number of nitrogens with one attached hydrogen (secondary N) is 1. The van der Waals surface area contributed by atoms with Gasteiger partial charge in [0.25, 0.3) is 5.91 Å². The summed E-state index contributed by atoms with van der Waals surface area (Å²) in [5.41, 5.74) is 2.79. The Balaban J connectivity index is 1.90. The van der Waals surface area contributed by atoms with Crippen LogP contribution in [0.1, 0.15) is 42.6 Å². The van der Waals surface area contributed by atoms with E-state index in [4.69, 9.17) is 4.74 Å². The highest BCUT2D eigenvalue weighted by Crippen LogP contribution is 2.29. The molecular formula is C29H37FN2O3S2. The van der Waals surface area contributed by atoms with E-state index in [-0.39, 0.29) is 17.8 Å². The number of likely N-dealkylation sites (tertiary alicyclic amines) is 1. The van der Waals surface area contributed by atoms with E-state index in [0.29, 0.717) is 34.6 Å². The van der Waals surface area contributed by atoms with Gasteiger partial charge in [0, 0.05) is 23.4 Å². The summed E-state index contributed by atoms with van der Waals surface area (Å²) in [5.74, 6) is -0.434. The van der Waals surface area contributed by atoms with E-state index >= 15 is 0 Å². The number of amides is 1. The molecule has 37 heavy (non-hydrogen) atoms. The van der Waals surface area contributed by atoms with Crippen LogP contribution in [-0.4, -0.2) is 72.1 Å². The largest absolute Gasteiger partial charge is 0.461 e. The Hall–Kier alpha value is -2.29. The normalized spacial score (nSPS) is 18.9. The zero-order valence-corrected chi connectivity index (χ0v) is 23.8. The van der Waals surface area contributed by atoms with Crippen LogP contribution in [0.4, 0.5) is 4.39 Å². The smallest absolute Gasteiger partial charge is 0.328 e. The SMILES string of the molecule is CSCC[C@H](NC(=O)c1ccc(/C=C/[C@@H]2C[C@H](SC)CN2C)cc1-c1ccc(F)cc1)C(=O)OC(C)C. The first-order chi connectivity index (χ1) is 17.7. The summed E-state index contributed by atoms with van der Waals surface area (Å²) in [6, 6.07) is 11.3. The summed E-state index contributed by atoms with van der Waals surface area (Å²) < 4.78 is 19.0. The van der Waals surface area contributed by atoms with E-state index in [1.807, 2.05) is 30.2 Å². The molecule has 2 aromatic carbocycles. The molecule has 0 bridgehead atoms. The molecule has 1 aliphatic heterocycles. The van der Waals surface area contributed by atoms with Crippen LogP contribution in [0.15, 0.2) is 48.5 Å². The summed E-state index contributed by atoms with van der Waals surface area (Å²) in [7, 11) is 2.14. The predicted octanol–water partition coefficient (Wildman–Crippen LogP) is 5.74. The minimum atomic E-state index is -0.745. The summed E-state index contributed by atoms with van der Waals surface area (Å²) in [5, 5.41) is 3.51. The number of carbonyl (C=O) groups is 2. The molecule has 0 saturated carbocycles. The minimum absolute atomic E-state index is 0.271. The molecule has 0 unspecified atom stereocenters. The van der Waals surface area contributed by atoms with Gasteiger partial charge in [0.15, 0.2) is 0 Å². The monoisotopic (exact) mass is 544 g/mol. The first-order valence-corrected chi connectivity index (χ1v) is 15.2. The Bertz CT molecular complexity index is 1090. The van der Waals surface area contributed by atoms with Crippen LogP contribution in [0, 0.1) is 5.82 Å².